The lowest BCUT2D eigenvalue weighted by Gasteiger charge is -2.47. The molecule has 2 saturated carbocycles. The molecule has 1 amide bonds. The monoisotopic (exact) mass is 598 g/mol. The van der Waals surface area contributed by atoms with Crippen molar-refractivity contribution in [2.24, 2.45) is 5.41 Å². The highest BCUT2D eigenvalue weighted by Crippen LogP contribution is 2.63. The molecule has 1 N–H and O–H groups in total. The predicted octanol–water partition coefficient (Wildman–Crippen LogP) is 4.92. The second-order valence-electron chi connectivity index (χ2n) is 11.4. The SMILES string of the molecule is N#CC1([C@]2(NC=O)C[C@@H](F)CC[C@@H]2c2oc(-c3ccc(F)cc3F)nc2-c2ccc(N3CCS(=O)(=O)CC3)cc2)CC1. The Morgan fingerprint density at radius 1 is 1.10 bits per heavy atom. The van der Waals surface area contributed by atoms with Gasteiger partial charge in [0.2, 0.25) is 12.3 Å². The van der Waals surface area contributed by atoms with Crippen molar-refractivity contribution >= 4 is 21.9 Å². The molecule has 3 aliphatic rings. The number of benzene rings is 2. The van der Waals surface area contributed by atoms with E-state index < -0.39 is 44.5 Å². The molecule has 0 bridgehead atoms. The number of sulfone groups is 1. The molecule has 3 fully saturated rings. The summed E-state index contributed by atoms with van der Waals surface area (Å²) in [5.41, 5.74) is -0.570. The Hall–Kier alpha value is -3.85. The molecule has 42 heavy (non-hydrogen) atoms. The molecule has 220 valence electrons. The lowest BCUT2D eigenvalue weighted by atomic mass is 9.62. The Labute approximate surface area is 241 Å². The first-order chi connectivity index (χ1) is 20.1. The van der Waals surface area contributed by atoms with Gasteiger partial charge in [-0.1, -0.05) is 12.1 Å². The van der Waals surface area contributed by atoms with E-state index in [0.29, 0.717) is 43.6 Å². The van der Waals surface area contributed by atoms with Crippen LogP contribution >= 0.6 is 0 Å². The van der Waals surface area contributed by atoms with Crippen molar-refractivity contribution in [1.29, 1.82) is 5.26 Å². The molecule has 2 heterocycles. The van der Waals surface area contributed by atoms with Gasteiger partial charge in [-0.2, -0.15) is 5.26 Å². The van der Waals surface area contributed by atoms with Crippen LogP contribution in [0, 0.1) is 28.4 Å². The molecule has 0 radical (unpaired) electrons. The van der Waals surface area contributed by atoms with Gasteiger partial charge in [0.05, 0.1) is 34.1 Å². The van der Waals surface area contributed by atoms with Gasteiger partial charge in [-0.05, 0) is 49.9 Å². The average molecular weight is 599 g/mol. The third-order valence-electron chi connectivity index (χ3n) is 9.02. The number of amides is 1. The van der Waals surface area contributed by atoms with Crippen LogP contribution in [0.5, 0.6) is 0 Å². The Kier molecular flexibility index (Phi) is 7.04. The maximum Gasteiger partial charge on any atom is 0.229 e. The number of rotatable bonds is 7. The average Bonchev–Trinajstić information content (AvgIpc) is 3.66. The fraction of sp³-hybridized carbons (Fsp3) is 0.433. The lowest BCUT2D eigenvalue weighted by molar-refractivity contribution is -0.113. The fourth-order valence-electron chi connectivity index (χ4n) is 6.61. The number of carbonyl (C=O) groups is 1. The molecular formula is C30H29F3N4O4S. The van der Waals surface area contributed by atoms with Crippen LogP contribution in [-0.4, -0.2) is 56.1 Å². The summed E-state index contributed by atoms with van der Waals surface area (Å²) in [4.78, 5) is 18.5. The predicted molar refractivity (Wildman–Crippen MR) is 149 cm³/mol. The van der Waals surface area contributed by atoms with E-state index in [-0.39, 0.29) is 48.0 Å². The van der Waals surface area contributed by atoms with E-state index in [2.05, 4.69) is 16.4 Å². The van der Waals surface area contributed by atoms with Gasteiger partial charge >= 0.3 is 0 Å². The van der Waals surface area contributed by atoms with Crippen LogP contribution in [0.3, 0.4) is 0 Å². The third-order valence-corrected chi connectivity index (χ3v) is 10.6. The minimum atomic E-state index is -3.05. The number of carbonyl (C=O) groups excluding carboxylic acids is 1. The zero-order valence-corrected chi connectivity index (χ0v) is 23.5. The number of oxazole rings is 1. The minimum absolute atomic E-state index is 0.0652. The molecular weight excluding hydrogens is 569 g/mol. The third kappa shape index (κ3) is 4.83. The number of hydrogen-bond donors (Lipinski definition) is 1. The maximum absolute atomic E-state index is 15.0. The Morgan fingerprint density at radius 2 is 1.81 bits per heavy atom. The molecule has 3 aromatic rings. The van der Waals surface area contributed by atoms with Crippen molar-refractivity contribution in [2.75, 3.05) is 29.5 Å². The minimum Gasteiger partial charge on any atom is -0.440 e. The van der Waals surface area contributed by atoms with Gasteiger partial charge in [0.1, 0.15) is 29.3 Å². The molecule has 1 saturated heterocycles. The first kappa shape index (κ1) is 28.3. The second kappa shape index (κ2) is 10.5. The van der Waals surface area contributed by atoms with Crippen molar-refractivity contribution in [2.45, 2.75) is 49.7 Å². The molecule has 2 aliphatic carbocycles. The molecule has 6 rings (SSSR count). The van der Waals surface area contributed by atoms with E-state index in [1.807, 2.05) is 17.0 Å². The molecule has 2 aromatic carbocycles. The van der Waals surface area contributed by atoms with E-state index in [0.717, 1.165) is 17.8 Å². The number of hydrogen-bond acceptors (Lipinski definition) is 7. The first-order valence-electron chi connectivity index (χ1n) is 13.9. The van der Waals surface area contributed by atoms with Gasteiger partial charge in [0.15, 0.2) is 9.84 Å². The summed E-state index contributed by atoms with van der Waals surface area (Å²) in [5.74, 6) is -1.96. The van der Waals surface area contributed by atoms with Crippen molar-refractivity contribution in [3.63, 3.8) is 0 Å². The lowest BCUT2D eigenvalue weighted by Crippen LogP contribution is -2.59. The van der Waals surface area contributed by atoms with Crippen molar-refractivity contribution in [1.82, 2.24) is 10.3 Å². The van der Waals surface area contributed by atoms with E-state index in [1.54, 1.807) is 12.1 Å². The highest BCUT2D eigenvalue weighted by molar-refractivity contribution is 7.91. The highest BCUT2D eigenvalue weighted by atomic mass is 32.2. The summed E-state index contributed by atoms with van der Waals surface area (Å²) < 4.78 is 73.6. The molecule has 1 aliphatic heterocycles. The summed E-state index contributed by atoms with van der Waals surface area (Å²) in [7, 11) is -3.05. The highest BCUT2D eigenvalue weighted by Gasteiger charge is 2.66. The second-order valence-corrected chi connectivity index (χ2v) is 13.7. The van der Waals surface area contributed by atoms with E-state index in [9.17, 15) is 27.3 Å². The van der Waals surface area contributed by atoms with Crippen molar-refractivity contribution in [3.05, 3.63) is 59.9 Å². The quantitative estimate of drug-likeness (QED) is 0.384. The standard InChI is InChI=1S/C30H29F3N4O4S/c31-20-3-7-23(25(33)15-20)28-36-26(19-1-5-22(6-2-19)37-11-13-42(39,40)14-12-37)27(41-28)24-8-4-21(32)16-30(24,35-18-38)29(17-34)9-10-29/h1-3,5-7,15,18,21,24H,4,8-14,16H2,(H,35,38)/t21-,24+,30-/m0/s1. The number of nitrogens with zero attached hydrogens (tertiary/aromatic N) is 3. The van der Waals surface area contributed by atoms with Crippen LogP contribution in [0.4, 0.5) is 18.9 Å². The smallest absolute Gasteiger partial charge is 0.229 e. The van der Waals surface area contributed by atoms with E-state index in [1.165, 1.54) is 6.07 Å². The zero-order valence-electron chi connectivity index (χ0n) is 22.7. The van der Waals surface area contributed by atoms with Crippen LogP contribution in [0.25, 0.3) is 22.7 Å². The van der Waals surface area contributed by atoms with Crippen molar-refractivity contribution < 1.29 is 30.8 Å². The van der Waals surface area contributed by atoms with Crippen LogP contribution in [0.2, 0.25) is 0 Å². The maximum atomic E-state index is 15.0. The topological polar surface area (TPSA) is 116 Å². The summed E-state index contributed by atoms with van der Waals surface area (Å²) in [6, 6.07) is 12.6. The van der Waals surface area contributed by atoms with E-state index in [4.69, 9.17) is 4.42 Å². The zero-order chi connectivity index (χ0) is 29.7. The van der Waals surface area contributed by atoms with Gasteiger partial charge in [-0.3, -0.25) is 4.79 Å². The molecule has 0 spiro atoms. The summed E-state index contributed by atoms with van der Waals surface area (Å²) >= 11 is 0. The van der Waals surface area contributed by atoms with Gasteiger partial charge in [-0.25, -0.2) is 26.6 Å². The van der Waals surface area contributed by atoms with Crippen LogP contribution in [-0.2, 0) is 14.6 Å². The Morgan fingerprint density at radius 3 is 2.43 bits per heavy atom. The van der Waals surface area contributed by atoms with Gasteiger partial charge in [-0.15, -0.1) is 0 Å². The molecule has 8 nitrogen and oxygen atoms in total. The van der Waals surface area contributed by atoms with Crippen LogP contribution in [0.1, 0.15) is 43.8 Å². The van der Waals surface area contributed by atoms with Crippen LogP contribution < -0.4 is 10.2 Å². The molecule has 1 aromatic heterocycles. The normalized spacial score (nSPS) is 26.3. The number of alkyl halides is 1. The number of nitriles is 1. The van der Waals surface area contributed by atoms with Gasteiger partial charge in [0.25, 0.3) is 0 Å². The molecule has 3 atom stereocenters. The van der Waals surface area contributed by atoms with Gasteiger partial charge in [0, 0.05) is 42.7 Å². The number of halogens is 3. The number of aromatic nitrogens is 1. The van der Waals surface area contributed by atoms with E-state index >= 15 is 4.39 Å². The number of anilines is 1. The summed E-state index contributed by atoms with van der Waals surface area (Å²) in [6.45, 7) is 0.737. The molecule has 0 unspecified atom stereocenters. The van der Waals surface area contributed by atoms with Gasteiger partial charge < -0.3 is 14.6 Å². The van der Waals surface area contributed by atoms with Crippen molar-refractivity contribution in [3.8, 4) is 28.8 Å². The Balaban J connectivity index is 1.46. The Bertz CT molecular complexity index is 1650. The summed E-state index contributed by atoms with van der Waals surface area (Å²) in [5, 5.41) is 13.0. The van der Waals surface area contributed by atoms with Crippen LogP contribution in [0.15, 0.2) is 46.9 Å². The fourth-order valence-corrected chi connectivity index (χ4v) is 7.81. The summed E-state index contributed by atoms with van der Waals surface area (Å²) in [6.07, 6.45) is 0.555. The molecule has 12 heteroatoms. The first-order valence-corrected chi connectivity index (χ1v) is 15.7. The largest absolute Gasteiger partial charge is 0.440 e. The number of nitrogens with one attached hydrogen (secondary N) is 1.